The molecule has 1 unspecified atom stereocenters. The van der Waals surface area contributed by atoms with Crippen LogP contribution in [0.25, 0.3) is 11.1 Å². The van der Waals surface area contributed by atoms with Crippen molar-refractivity contribution >= 4 is 0 Å². The Morgan fingerprint density at radius 3 is 2.45 bits per heavy atom. The summed E-state index contributed by atoms with van der Waals surface area (Å²) >= 11 is 0. The summed E-state index contributed by atoms with van der Waals surface area (Å²) in [4.78, 5) is 9.24. The molecule has 1 aliphatic carbocycles. The molecule has 3 aromatic carbocycles. The number of nitrogens with zero attached hydrogens (tertiary/aromatic N) is 4. The molecule has 4 aromatic rings. The monoisotopic (exact) mass is 752 g/mol. The van der Waals surface area contributed by atoms with Crippen molar-refractivity contribution < 1.29 is 18.9 Å². The molecule has 56 heavy (non-hydrogen) atoms. The highest BCUT2D eigenvalue weighted by molar-refractivity contribution is 5.73. The van der Waals surface area contributed by atoms with Crippen LogP contribution in [0.1, 0.15) is 77.5 Å². The third kappa shape index (κ3) is 10.1. The van der Waals surface area contributed by atoms with Crippen LogP contribution in [0.5, 0.6) is 17.2 Å². The molecule has 0 N–H and O–H groups in total. The van der Waals surface area contributed by atoms with Gasteiger partial charge in [0.2, 0.25) is 0 Å². The van der Waals surface area contributed by atoms with Gasteiger partial charge >= 0.3 is 0 Å². The Kier molecular flexibility index (Phi) is 13.5. The van der Waals surface area contributed by atoms with Gasteiger partial charge in [0.25, 0.3) is 0 Å². The number of pyridine rings is 1. The second-order valence-corrected chi connectivity index (χ2v) is 15.4. The van der Waals surface area contributed by atoms with E-state index in [2.05, 4.69) is 102 Å². The number of aryl methyl sites for hydroxylation is 1. The van der Waals surface area contributed by atoms with Gasteiger partial charge in [-0.25, -0.2) is 0 Å². The van der Waals surface area contributed by atoms with Gasteiger partial charge in [-0.2, -0.15) is 5.26 Å². The summed E-state index contributed by atoms with van der Waals surface area (Å²) in [6.07, 6.45) is 17.3. The van der Waals surface area contributed by atoms with Gasteiger partial charge in [-0.1, -0.05) is 55.0 Å². The quantitative estimate of drug-likeness (QED) is 0.111. The third-order valence-electron chi connectivity index (χ3n) is 11.3. The summed E-state index contributed by atoms with van der Waals surface area (Å²) in [6, 6.07) is 21.1. The lowest BCUT2D eigenvalue weighted by Gasteiger charge is -2.34. The van der Waals surface area contributed by atoms with Crippen LogP contribution < -0.4 is 14.2 Å². The van der Waals surface area contributed by atoms with E-state index in [1.807, 2.05) is 12.1 Å². The Balaban J connectivity index is 1.00. The van der Waals surface area contributed by atoms with Gasteiger partial charge in [0.05, 0.1) is 24.9 Å². The SMILES string of the molecule is Cc1cc(CN2CCCCC2)c(OCc2cncc(C#N)c2)cc1OCc1cccc(-c2cccc(OCCCN3CCOC(C4=CCCC=C4)C3)c2C)c1C. The molecular formula is C48H56N4O4. The third-order valence-corrected chi connectivity index (χ3v) is 11.3. The zero-order chi connectivity index (χ0) is 38.7. The molecule has 292 valence electrons. The van der Waals surface area contributed by atoms with Crippen molar-refractivity contribution in [2.45, 2.75) is 85.2 Å². The van der Waals surface area contributed by atoms with Crippen molar-refractivity contribution in [3.8, 4) is 34.4 Å². The highest BCUT2D eigenvalue weighted by Crippen LogP contribution is 2.35. The van der Waals surface area contributed by atoms with E-state index < -0.39 is 0 Å². The summed E-state index contributed by atoms with van der Waals surface area (Å²) in [5.41, 5.74) is 10.8. The fourth-order valence-electron chi connectivity index (χ4n) is 8.09. The number of hydrogen-bond donors (Lipinski definition) is 0. The van der Waals surface area contributed by atoms with E-state index in [1.54, 1.807) is 12.4 Å². The normalized spacial score (nSPS) is 17.6. The van der Waals surface area contributed by atoms with Crippen molar-refractivity contribution in [3.63, 3.8) is 0 Å². The van der Waals surface area contributed by atoms with Crippen molar-refractivity contribution in [3.05, 3.63) is 130 Å². The number of benzene rings is 3. The molecule has 0 bridgehead atoms. The number of piperidine rings is 1. The molecule has 2 saturated heterocycles. The minimum atomic E-state index is 0.179. The lowest BCUT2D eigenvalue weighted by Crippen LogP contribution is -2.43. The summed E-state index contributed by atoms with van der Waals surface area (Å²) in [5, 5.41) is 9.37. The van der Waals surface area contributed by atoms with E-state index in [4.69, 9.17) is 18.9 Å². The molecule has 0 spiro atoms. The minimum Gasteiger partial charge on any atom is -0.493 e. The molecule has 0 saturated carbocycles. The molecule has 0 amide bonds. The van der Waals surface area contributed by atoms with E-state index in [-0.39, 0.29) is 6.10 Å². The van der Waals surface area contributed by atoms with Crippen LogP contribution in [0.2, 0.25) is 0 Å². The van der Waals surface area contributed by atoms with Gasteiger partial charge in [0, 0.05) is 55.8 Å². The van der Waals surface area contributed by atoms with E-state index in [0.717, 1.165) is 110 Å². The number of morpholine rings is 1. The topological polar surface area (TPSA) is 80.1 Å². The molecule has 0 radical (unpaired) electrons. The van der Waals surface area contributed by atoms with Crippen molar-refractivity contribution in [2.75, 3.05) is 45.9 Å². The smallest absolute Gasteiger partial charge is 0.128 e. The molecule has 8 nitrogen and oxygen atoms in total. The number of hydrogen-bond acceptors (Lipinski definition) is 8. The Bertz CT molecular complexity index is 2060. The Morgan fingerprint density at radius 1 is 0.804 bits per heavy atom. The second kappa shape index (κ2) is 19.3. The molecule has 1 atom stereocenters. The van der Waals surface area contributed by atoms with Gasteiger partial charge in [-0.3, -0.25) is 14.8 Å². The van der Waals surface area contributed by atoms with Crippen LogP contribution >= 0.6 is 0 Å². The average Bonchev–Trinajstić information content (AvgIpc) is 3.23. The predicted molar refractivity (Wildman–Crippen MR) is 222 cm³/mol. The number of ether oxygens (including phenoxy) is 4. The maximum Gasteiger partial charge on any atom is 0.128 e. The number of rotatable bonds is 15. The average molecular weight is 753 g/mol. The molecule has 8 heteroatoms. The first-order valence-corrected chi connectivity index (χ1v) is 20.4. The van der Waals surface area contributed by atoms with Crippen LogP contribution in [0.3, 0.4) is 0 Å². The lowest BCUT2D eigenvalue weighted by atomic mass is 9.93. The van der Waals surface area contributed by atoms with Crippen molar-refractivity contribution in [1.29, 1.82) is 5.26 Å². The van der Waals surface area contributed by atoms with Crippen molar-refractivity contribution in [2.24, 2.45) is 0 Å². The molecule has 7 rings (SSSR count). The lowest BCUT2D eigenvalue weighted by molar-refractivity contribution is -0.00897. The van der Waals surface area contributed by atoms with Crippen LogP contribution in [-0.2, 0) is 24.5 Å². The highest BCUT2D eigenvalue weighted by atomic mass is 16.5. The Labute approximate surface area is 333 Å². The summed E-state index contributed by atoms with van der Waals surface area (Å²) in [6.45, 7) is 14.6. The minimum absolute atomic E-state index is 0.179. The van der Waals surface area contributed by atoms with Gasteiger partial charge in [-0.15, -0.1) is 0 Å². The fourth-order valence-corrected chi connectivity index (χ4v) is 8.09. The maximum absolute atomic E-state index is 9.37. The van der Waals surface area contributed by atoms with E-state index in [9.17, 15) is 5.26 Å². The number of allylic oxidation sites excluding steroid dienone is 2. The number of aromatic nitrogens is 1. The van der Waals surface area contributed by atoms with Crippen LogP contribution in [0.4, 0.5) is 0 Å². The van der Waals surface area contributed by atoms with Crippen molar-refractivity contribution in [1.82, 2.24) is 14.8 Å². The summed E-state index contributed by atoms with van der Waals surface area (Å²) < 4.78 is 25.6. The molecule has 2 aliphatic heterocycles. The summed E-state index contributed by atoms with van der Waals surface area (Å²) in [7, 11) is 0. The van der Waals surface area contributed by atoms with E-state index in [0.29, 0.717) is 25.4 Å². The van der Waals surface area contributed by atoms with E-state index in [1.165, 1.54) is 41.5 Å². The summed E-state index contributed by atoms with van der Waals surface area (Å²) in [5.74, 6) is 2.54. The van der Waals surface area contributed by atoms with Gasteiger partial charge < -0.3 is 18.9 Å². The first kappa shape index (κ1) is 39.3. The zero-order valence-electron chi connectivity index (χ0n) is 33.4. The second-order valence-electron chi connectivity index (χ2n) is 15.4. The Morgan fingerprint density at radius 2 is 1.62 bits per heavy atom. The van der Waals surface area contributed by atoms with Gasteiger partial charge in [0.1, 0.15) is 36.5 Å². The first-order chi connectivity index (χ1) is 27.4. The zero-order valence-corrected chi connectivity index (χ0v) is 33.4. The molecule has 3 aliphatic rings. The fraction of sp³-hybridized carbons (Fsp3) is 0.417. The molecule has 3 heterocycles. The maximum atomic E-state index is 9.37. The van der Waals surface area contributed by atoms with Gasteiger partial charge in [0.15, 0.2) is 0 Å². The van der Waals surface area contributed by atoms with Crippen LogP contribution in [-0.4, -0.2) is 66.8 Å². The molecular weight excluding hydrogens is 697 g/mol. The van der Waals surface area contributed by atoms with Crippen LogP contribution in [0, 0.1) is 32.1 Å². The first-order valence-electron chi connectivity index (χ1n) is 20.4. The van der Waals surface area contributed by atoms with Crippen LogP contribution in [0.15, 0.2) is 90.8 Å². The van der Waals surface area contributed by atoms with E-state index >= 15 is 0 Å². The molecule has 2 fully saturated rings. The van der Waals surface area contributed by atoms with Gasteiger partial charge in [-0.05, 0) is 123 Å². The predicted octanol–water partition coefficient (Wildman–Crippen LogP) is 9.44. The Hall–Kier alpha value is -4.94. The molecule has 1 aromatic heterocycles. The standard InChI is InChI=1S/C48H56N4O4/c1-35-25-42(31-51-19-8-5-9-20-51)47(55-33-39-26-38(28-49)29-50-30-39)27-46(35)56-34-41-15-10-16-43(36(41)2)44-17-11-18-45(37(44)3)53-23-12-21-52-22-24-54-48(32-52)40-13-6-4-7-14-40/h6,10-11,13-18,25-27,29-30,48H,4-5,7-9,12,19-24,31-34H2,1-3H3. The number of nitriles is 1. The largest absolute Gasteiger partial charge is 0.493 e. The highest BCUT2D eigenvalue weighted by Gasteiger charge is 2.23. The number of likely N-dealkylation sites (tertiary alicyclic amines) is 1.